The number of hydrogen-bond acceptors (Lipinski definition) is 3. The summed E-state index contributed by atoms with van der Waals surface area (Å²) in [4.78, 5) is 17.7. The summed E-state index contributed by atoms with van der Waals surface area (Å²) in [6.45, 7) is 11.2. The number of carbonyl (C=O) groups is 1. The Morgan fingerprint density at radius 2 is 1.65 bits per heavy atom. The number of aromatic nitrogens is 1. The number of fused-ring (bicyclic) bond motifs is 1. The summed E-state index contributed by atoms with van der Waals surface area (Å²) in [5, 5.41) is 4.21. The van der Waals surface area contributed by atoms with Crippen molar-refractivity contribution >= 4 is 16.8 Å². The minimum Gasteiger partial charge on any atom is -0.348 e. The fourth-order valence-electron chi connectivity index (χ4n) is 4.39. The minimum absolute atomic E-state index is 0.0219. The van der Waals surface area contributed by atoms with E-state index in [-0.39, 0.29) is 5.91 Å². The van der Waals surface area contributed by atoms with E-state index < -0.39 is 0 Å². The molecule has 1 saturated heterocycles. The van der Waals surface area contributed by atoms with Gasteiger partial charge in [0, 0.05) is 68.0 Å². The second-order valence-electron chi connectivity index (χ2n) is 8.59. The highest BCUT2D eigenvalue weighted by Crippen LogP contribution is 2.23. The van der Waals surface area contributed by atoms with Crippen LogP contribution in [0.1, 0.15) is 41.0 Å². The molecule has 0 saturated carbocycles. The number of rotatable bonds is 7. The van der Waals surface area contributed by atoms with Crippen molar-refractivity contribution in [2.75, 3.05) is 33.2 Å². The highest BCUT2D eigenvalue weighted by Gasteiger charge is 2.17. The highest BCUT2D eigenvalue weighted by molar-refractivity contribution is 5.98. The van der Waals surface area contributed by atoms with Crippen LogP contribution in [-0.2, 0) is 26.1 Å². The standard InChI is InChI=1S/C26H34N4O/c1-4-20-6-8-21(9-7-20)18-27-26(31)22-10-11-25-23(16-22)17-24(30(25)5-2)19-29-14-12-28(3)13-15-29/h6-11,16-17H,4-5,12-15,18-19H2,1-3H3,(H,27,31). The molecule has 1 fully saturated rings. The van der Waals surface area contributed by atoms with Gasteiger partial charge in [-0.3, -0.25) is 9.69 Å². The Balaban J connectivity index is 1.46. The van der Waals surface area contributed by atoms with Gasteiger partial charge in [0.2, 0.25) is 0 Å². The fourth-order valence-corrected chi connectivity index (χ4v) is 4.39. The van der Waals surface area contributed by atoms with Crippen LogP contribution in [0.3, 0.4) is 0 Å². The van der Waals surface area contributed by atoms with Gasteiger partial charge in [-0.15, -0.1) is 0 Å². The van der Waals surface area contributed by atoms with Crippen molar-refractivity contribution in [3.05, 3.63) is 70.9 Å². The lowest BCUT2D eigenvalue weighted by Gasteiger charge is -2.32. The van der Waals surface area contributed by atoms with Crippen molar-refractivity contribution in [2.45, 2.75) is 39.9 Å². The third kappa shape index (κ3) is 5.00. The molecule has 1 aliphatic rings. The zero-order valence-electron chi connectivity index (χ0n) is 19.0. The summed E-state index contributed by atoms with van der Waals surface area (Å²) in [7, 11) is 2.19. The van der Waals surface area contributed by atoms with Gasteiger partial charge in [-0.1, -0.05) is 31.2 Å². The molecular formula is C26H34N4O. The van der Waals surface area contributed by atoms with E-state index in [1.807, 2.05) is 12.1 Å². The van der Waals surface area contributed by atoms with Gasteiger partial charge < -0.3 is 14.8 Å². The van der Waals surface area contributed by atoms with E-state index in [4.69, 9.17) is 0 Å². The highest BCUT2D eigenvalue weighted by atomic mass is 16.1. The maximum absolute atomic E-state index is 12.8. The van der Waals surface area contributed by atoms with Gasteiger partial charge in [0.05, 0.1) is 0 Å². The molecule has 0 bridgehead atoms. The van der Waals surface area contributed by atoms with E-state index in [0.717, 1.165) is 62.2 Å². The third-order valence-electron chi connectivity index (χ3n) is 6.43. The van der Waals surface area contributed by atoms with Crippen LogP contribution in [0.2, 0.25) is 0 Å². The van der Waals surface area contributed by atoms with Crippen molar-refractivity contribution in [1.29, 1.82) is 0 Å². The van der Waals surface area contributed by atoms with Gasteiger partial charge in [0.25, 0.3) is 5.91 Å². The first kappa shape index (κ1) is 21.6. The Labute approximate surface area is 185 Å². The van der Waals surface area contributed by atoms with E-state index in [1.165, 1.54) is 16.8 Å². The van der Waals surface area contributed by atoms with Gasteiger partial charge in [0.15, 0.2) is 0 Å². The summed E-state index contributed by atoms with van der Waals surface area (Å²) in [5.74, 6) is -0.0219. The molecule has 0 atom stereocenters. The predicted octanol–water partition coefficient (Wildman–Crippen LogP) is 3.90. The van der Waals surface area contributed by atoms with Crippen LogP contribution < -0.4 is 5.32 Å². The van der Waals surface area contributed by atoms with Gasteiger partial charge in [-0.05, 0) is 55.8 Å². The zero-order chi connectivity index (χ0) is 21.8. The lowest BCUT2D eigenvalue weighted by atomic mass is 10.1. The molecule has 5 heteroatoms. The predicted molar refractivity (Wildman–Crippen MR) is 127 cm³/mol. The van der Waals surface area contributed by atoms with Gasteiger partial charge in [0.1, 0.15) is 0 Å². The third-order valence-corrected chi connectivity index (χ3v) is 6.43. The molecule has 1 N–H and O–H groups in total. The molecule has 4 rings (SSSR count). The Morgan fingerprint density at radius 1 is 0.935 bits per heavy atom. The molecule has 2 heterocycles. The van der Waals surface area contributed by atoms with Crippen molar-refractivity contribution in [3.63, 3.8) is 0 Å². The number of nitrogens with zero attached hydrogens (tertiary/aromatic N) is 3. The van der Waals surface area contributed by atoms with Crippen LogP contribution in [0.15, 0.2) is 48.5 Å². The molecular weight excluding hydrogens is 384 g/mol. The Morgan fingerprint density at radius 3 is 2.32 bits per heavy atom. The summed E-state index contributed by atoms with van der Waals surface area (Å²) >= 11 is 0. The summed E-state index contributed by atoms with van der Waals surface area (Å²) < 4.78 is 2.38. The van der Waals surface area contributed by atoms with E-state index in [2.05, 4.69) is 77.0 Å². The number of likely N-dealkylation sites (N-methyl/N-ethyl adjacent to an activating group) is 1. The number of aryl methyl sites for hydroxylation is 2. The molecule has 1 amide bonds. The second kappa shape index (κ2) is 9.67. The molecule has 5 nitrogen and oxygen atoms in total. The summed E-state index contributed by atoms with van der Waals surface area (Å²) in [6.07, 6.45) is 1.03. The number of nitrogens with one attached hydrogen (secondary N) is 1. The SMILES string of the molecule is CCc1ccc(CNC(=O)c2ccc3c(c2)cc(CN2CCN(C)CC2)n3CC)cc1. The smallest absolute Gasteiger partial charge is 0.251 e. The van der Waals surface area contributed by atoms with Gasteiger partial charge in [-0.2, -0.15) is 0 Å². The molecule has 1 aromatic heterocycles. The maximum atomic E-state index is 12.8. The monoisotopic (exact) mass is 418 g/mol. The average Bonchev–Trinajstić information content (AvgIpc) is 3.15. The number of hydrogen-bond donors (Lipinski definition) is 1. The zero-order valence-corrected chi connectivity index (χ0v) is 19.0. The Bertz CT molecular complexity index is 1030. The van der Waals surface area contributed by atoms with Crippen LogP contribution in [0.25, 0.3) is 10.9 Å². The van der Waals surface area contributed by atoms with Crippen molar-refractivity contribution < 1.29 is 4.79 Å². The first-order chi connectivity index (χ1) is 15.1. The second-order valence-corrected chi connectivity index (χ2v) is 8.59. The lowest BCUT2D eigenvalue weighted by molar-refractivity contribution is 0.0951. The fraction of sp³-hybridized carbons (Fsp3) is 0.423. The quantitative estimate of drug-likeness (QED) is 0.633. The number of piperazine rings is 1. The van der Waals surface area contributed by atoms with Gasteiger partial charge >= 0.3 is 0 Å². The first-order valence-electron chi connectivity index (χ1n) is 11.5. The number of carbonyl (C=O) groups excluding carboxylic acids is 1. The number of benzene rings is 2. The largest absolute Gasteiger partial charge is 0.348 e. The maximum Gasteiger partial charge on any atom is 0.251 e. The molecule has 0 radical (unpaired) electrons. The summed E-state index contributed by atoms with van der Waals surface area (Å²) in [5.41, 5.74) is 5.69. The molecule has 2 aromatic carbocycles. The normalized spacial score (nSPS) is 15.5. The van der Waals surface area contributed by atoms with E-state index in [0.29, 0.717) is 6.54 Å². The van der Waals surface area contributed by atoms with E-state index in [1.54, 1.807) is 0 Å². The van der Waals surface area contributed by atoms with Crippen molar-refractivity contribution in [2.24, 2.45) is 0 Å². The molecule has 31 heavy (non-hydrogen) atoms. The Hall–Kier alpha value is -2.63. The Kier molecular flexibility index (Phi) is 6.73. The van der Waals surface area contributed by atoms with Crippen molar-refractivity contribution in [3.8, 4) is 0 Å². The van der Waals surface area contributed by atoms with Crippen LogP contribution in [0.5, 0.6) is 0 Å². The topological polar surface area (TPSA) is 40.5 Å². The minimum atomic E-state index is -0.0219. The average molecular weight is 419 g/mol. The lowest BCUT2D eigenvalue weighted by Crippen LogP contribution is -2.44. The van der Waals surface area contributed by atoms with Gasteiger partial charge in [-0.25, -0.2) is 0 Å². The molecule has 0 aliphatic carbocycles. The molecule has 3 aromatic rings. The van der Waals surface area contributed by atoms with Crippen LogP contribution in [-0.4, -0.2) is 53.5 Å². The van der Waals surface area contributed by atoms with E-state index >= 15 is 0 Å². The van der Waals surface area contributed by atoms with Crippen molar-refractivity contribution in [1.82, 2.24) is 19.7 Å². The van der Waals surface area contributed by atoms with Crippen LogP contribution in [0.4, 0.5) is 0 Å². The molecule has 0 spiro atoms. The summed E-state index contributed by atoms with van der Waals surface area (Å²) in [6, 6.07) is 16.8. The molecule has 164 valence electrons. The van der Waals surface area contributed by atoms with Crippen LogP contribution in [0, 0.1) is 0 Å². The van der Waals surface area contributed by atoms with E-state index in [9.17, 15) is 4.79 Å². The molecule has 1 aliphatic heterocycles. The molecule has 0 unspecified atom stereocenters. The number of amides is 1. The first-order valence-corrected chi connectivity index (χ1v) is 11.5. The van der Waals surface area contributed by atoms with Crippen LogP contribution >= 0.6 is 0 Å².